The topological polar surface area (TPSA) is 67.8 Å². The highest BCUT2D eigenvalue weighted by atomic mass is 16.1. The molecule has 2 aromatic rings. The highest BCUT2D eigenvalue weighted by Crippen LogP contribution is 2.03. The van der Waals surface area contributed by atoms with Crippen LogP contribution in [0.25, 0.3) is 0 Å². The first-order chi connectivity index (χ1) is 7.75. The van der Waals surface area contributed by atoms with Gasteiger partial charge in [-0.15, -0.1) is 0 Å². The van der Waals surface area contributed by atoms with E-state index in [0.29, 0.717) is 17.3 Å². The van der Waals surface area contributed by atoms with Gasteiger partial charge in [0.2, 0.25) is 0 Å². The number of carbonyl (C=O) groups is 1. The minimum Gasteiger partial charge on any atom is -0.305 e. The molecule has 1 amide bonds. The lowest BCUT2D eigenvalue weighted by Crippen LogP contribution is -2.15. The van der Waals surface area contributed by atoms with Gasteiger partial charge in [0.05, 0.1) is 0 Å². The van der Waals surface area contributed by atoms with Crippen LogP contribution in [0.5, 0.6) is 0 Å². The molecular weight excluding hydrogens is 204 g/mol. The lowest BCUT2D eigenvalue weighted by Gasteiger charge is -2.03. The Hall–Kier alpha value is -2.30. The Morgan fingerprint density at radius 3 is 2.75 bits per heavy atom. The summed E-state index contributed by atoms with van der Waals surface area (Å²) >= 11 is 0. The molecule has 0 fully saturated rings. The second-order valence-corrected chi connectivity index (χ2v) is 3.16. The summed E-state index contributed by atoms with van der Waals surface area (Å²) in [7, 11) is 0. The van der Waals surface area contributed by atoms with Crippen LogP contribution in [-0.2, 0) is 0 Å². The van der Waals surface area contributed by atoms with Gasteiger partial charge in [0.15, 0.2) is 0 Å². The maximum atomic E-state index is 11.7. The monoisotopic (exact) mass is 214 g/mol. The molecule has 0 atom stereocenters. The van der Waals surface area contributed by atoms with Crippen molar-refractivity contribution in [2.24, 2.45) is 0 Å². The number of hydrogen-bond donors (Lipinski definition) is 1. The number of carbonyl (C=O) groups excluding carboxylic acids is 1. The van der Waals surface area contributed by atoms with Crippen molar-refractivity contribution < 1.29 is 4.79 Å². The minimum absolute atomic E-state index is 0.288. The highest BCUT2D eigenvalue weighted by Gasteiger charge is 2.07. The van der Waals surface area contributed by atoms with Crippen molar-refractivity contribution in [3.05, 3.63) is 48.2 Å². The van der Waals surface area contributed by atoms with Gasteiger partial charge in [0.25, 0.3) is 5.91 Å². The summed E-state index contributed by atoms with van der Waals surface area (Å²) in [6.45, 7) is 1.73. The molecule has 0 radical (unpaired) electrons. The van der Waals surface area contributed by atoms with Crippen molar-refractivity contribution in [3.8, 4) is 0 Å². The van der Waals surface area contributed by atoms with E-state index in [1.165, 1.54) is 0 Å². The number of anilines is 1. The van der Waals surface area contributed by atoms with Gasteiger partial charge in [-0.25, -0.2) is 15.0 Å². The molecule has 0 aromatic carbocycles. The predicted octanol–water partition coefficient (Wildman–Crippen LogP) is 1.43. The number of amides is 1. The average Bonchev–Trinajstić information content (AvgIpc) is 2.30. The van der Waals surface area contributed by atoms with Crippen molar-refractivity contribution in [2.45, 2.75) is 6.92 Å². The second kappa shape index (κ2) is 4.48. The molecule has 0 aliphatic carbocycles. The van der Waals surface area contributed by atoms with E-state index >= 15 is 0 Å². The number of nitrogens with one attached hydrogen (secondary N) is 1. The smallest absolute Gasteiger partial charge is 0.275 e. The molecule has 0 aliphatic rings. The molecule has 5 nitrogen and oxygen atoms in total. The van der Waals surface area contributed by atoms with Crippen LogP contribution in [0, 0.1) is 6.92 Å². The zero-order valence-corrected chi connectivity index (χ0v) is 8.71. The summed E-state index contributed by atoms with van der Waals surface area (Å²) in [6, 6.07) is 6.86. The van der Waals surface area contributed by atoms with Crippen LogP contribution in [0.3, 0.4) is 0 Å². The van der Waals surface area contributed by atoms with Gasteiger partial charge in [-0.05, 0) is 25.1 Å². The van der Waals surface area contributed by atoms with Crippen LogP contribution in [-0.4, -0.2) is 20.9 Å². The number of pyridine rings is 1. The molecule has 2 rings (SSSR count). The Kier molecular flexibility index (Phi) is 2.86. The van der Waals surface area contributed by atoms with Crippen LogP contribution in [0.1, 0.15) is 16.3 Å². The van der Waals surface area contributed by atoms with Gasteiger partial charge in [0.1, 0.15) is 17.3 Å². The second-order valence-electron chi connectivity index (χ2n) is 3.16. The standard InChI is InChI=1S/C11H10N4O/c1-8-12-7-5-9(14-8)11(16)15-10-4-2-3-6-13-10/h2-7H,1H3,(H,13,15,16). The quantitative estimate of drug-likeness (QED) is 0.821. The number of nitrogens with zero attached hydrogens (tertiary/aromatic N) is 3. The van der Waals surface area contributed by atoms with Crippen molar-refractivity contribution in [3.63, 3.8) is 0 Å². The summed E-state index contributed by atoms with van der Waals surface area (Å²) in [5, 5.41) is 2.65. The largest absolute Gasteiger partial charge is 0.305 e. The van der Waals surface area contributed by atoms with Gasteiger partial charge in [-0.1, -0.05) is 6.07 Å². The minimum atomic E-state index is -0.288. The van der Waals surface area contributed by atoms with E-state index in [4.69, 9.17) is 0 Å². The predicted molar refractivity (Wildman–Crippen MR) is 59.0 cm³/mol. The maximum Gasteiger partial charge on any atom is 0.275 e. The van der Waals surface area contributed by atoms with E-state index in [9.17, 15) is 4.79 Å². The number of aromatic nitrogens is 3. The molecule has 0 aliphatic heterocycles. The Morgan fingerprint density at radius 1 is 1.19 bits per heavy atom. The van der Waals surface area contributed by atoms with Gasteiger partial charge < -0.3 is 5.32 Å². The summed E-state index contributed by atoms with van der Waals surface area (Å²) < 4.78 is 0. The molecule has 2 heterocycles. The van der Waals surface area contributed by atoms with Crippen LogP contribution in [0.2, 0.25) is 0 Å². The van der Waals surface area contributed by atoms with Crippen LogP contribution < -0.4 is 5.32 Å². The third kappa shape index (κ3) is 2.38. The summed E-state index contributed by atoms with van der Waals surface area (Å²) in [4.78, 5) is 23.7. The fourth-order valence-electron chi connectivity index (χ4n) is 1.20. The van der Waals surface area contributed by atoms with Gasteiger partial charge in [0, 0.05) is 12.4 Å². The Balaban J connectivity index is 2.15. The number of aryl methyl sites for hydroxylation is 1. The highest BCUT2D eigenvalue weighted by molar-refractivity contribution is 6.02. The molecule has 1 N–H and O–H groups in total. The zero-order valence-electron chi connectivity index (χ0n) is 8.71. The molecule has 0 unspecified atom stereocenters. The molecule has 80 valence electrons. The van der Waals surface area contributed by atoms with Crippen molar-refractivity contribution in [1.29, 1.82) is 0 Å². The van der Waals surface area contributed by atoms with Gasteiger partial charge in [-0.2, -0.15) is 0 Å². The number of rotatable bonds is 2. The summed E-state index contributed by atoms with van der Waals surface area (Å²) in [6.07, 6.45) is 3.16. The number of hydrogen-bond acceptors (Lipinski definition) is 4. The fourth-order valence-corrected chi connectivity index (χ4v) is 1.20. The first-order valence-corrected chi connectivity index (χ1v) is 4.78. The third-order valence-electron chi connectivity index (χ3n) is 1.92. The maximum absolute atomic E-state index is 11.7. The Morgan fingerprint density at radius 2 is 2.06 bits per heavy atom. The van der Waals surface area contributed by atoms with Crippen molar-refractivity contribution >= 4 is 11.7 Å². The van der Waals surface area contributed by atoms with E-state index in [1.807, 2.05) is 0 Å². The van der Waals surface area contributed by atoms with Crippen molar-refractivity contribution in [2.75, 3.05) is 5.32 Å². The van der Waals surface area contributed by atoms with Crippen LogP contribution >= 0.6 is 0 Å². The zero-order chi connectivity index (χ0) is 11.4. The van der Waals surface area contributed by atoms with Crippen molar-refractivity contribution in [1.82, 2.24) is 15.0 Å². The summed E-state index contributed by atoms with van der Waals surface area (Å²) in [5.41, 5.74) is 0.332. The average molecular weight is 214 g/mol. The molecule has 0 bridgehead atoms. The Labute approximate surface area is 92.6 Å². The SMILES string of the molecule is Cc1nccc(C(=O)Nc2ccccn2)n1. The van der Waals surface area contributed by atoms with Crippen LogP contribution in [0.4, 0.5) is 5.82 Å². The normalized spacial score (nSPS) is 9.81. The van der Waals surface area contributed by atoms with Gasteiger partial charge >= 0.3 is 0 Å². The summed E-state index contributed by atoms with van der Waals surface area (Å²) in [5.74, 6) is 0.779. The molecule has 16 heavy (non-hydrogen) atoms. The van der Waals surface area contributed by atoms with E-state index < -0.39 is 0 Å². The molecule has 0 saturated carbocycles. The molecule has 0 spiro atoms. The first kappa shape index (κ1) is 10.2. The molecule has 5 heteroatoms. The lowest BCUT2D eigenvalue weighted by molar-refractivity contribution is 0.102. The fraction of sp³-hybridized carbons (Fsp3) is 0.0909. The molecule has 2 aromatic heterocycles. The van der Waals surface area contributed by atoms with E-state index in [2.05, 4.69) is 20.3 Å². The Bertz CT molecular complexity index is 498. The van der Waals surface area contributed by atoms with Gasteiger partial charge in [-0.3, -0.25) is 4.79 Å². The lowest BCUT2D eigenvalue weighted by atomic mass is 10.3. The third-order valence-corrected chi connectivity index (χ3v) is 1.92. The van der Waals surface area contributed by atoms with Crippen LogP contribution in [0.15, 0.2) is 36.7 Å². The van der Waals surface area contributed by atoms with E-state index in [0.717, 1.165) is 0 Å². The molecule has 0 saturated heterocycles. The van der Waals surface area contributed by atoms with E-state index in [1.54, 1.807) is 43.6 Å². The molecular formula is C11H10N4O. The first-order valence-electron chi connectivity index (χ1n) is 4.78. The van der Waals surface area contributed by atoms with E-state index in [-0.39, 0.29) is 5.91 Å².